The molecule has 200 valence electrons. The van der Waals surface area contributed by atoms with Gasteiger partial charge in [-0.2, -0.15) is 0 Å². The summed E-state index contributed by atoms with van der Waals surface area (Å²) in [5.41, 5.74) is -1.81. The molecule has 1 saturated heterocycles. The van der Waals surface area contributed by atoms with Crippen LogP contribution in [0.3, 0.4) is 0 Å². The monoisotopic (exact) mass is 513 g/mol. The maximum absolute atomic E-state index is 13.5. The summed E-state index contributed by atoms with van der Waals surface area (Å²) < 4.78 is 22.1. The van der Waals surface area contributed by atoms with E-state index < -0.39 is 41.3 Å². The Hall–Kier alpha value is -3.56. The second-order valence-electron chi connectivity index (χ2n) is 10.6. The topological polar surface area (TPSA) is 116 Å². The number of nitrogens with one attached hydrogen (secondary N) is 1. The average Bonchev–Trinajstić information content (AvgIpc) is 3.40. The van der Waals surface area contributed by atoms with Crippen molar-refractivity contribution in [1.82, 2.24) is 15.2 Å². The number of fused-ring (bicyclic) bond motifs is 1. The molecule has 2 aliphatic rings. The van der Waals surface area contributed by atoms with E-state index in [4.69, 9.17) is 18.9 Å². The molecule has 2 amide bonds. The van der Waals surface area contributed by atoms with Gasteiger partial charge in [0.15, 0.2) is 0 Å². The fourth-order valence-corrected chi connectivity index (χ4v) is 4.92. The lowest BCUT2D eigenvalue weighted by Gasteiger charge is -2.28. The van der Waals surface area contributed by atoms with Crippen LogP contribution in [0.1, 0.15) is 47.0 Å². The van der Waals surface area contributed by atoms with Gasteiger partial charge < -0.3 is 24.3 Å². The number of amides is 2. The number of hydrogen-bond acceptors (Lipinski definition) is 8. The molecule has 0 unspecified atom stereocenters. The van der Waals surface area contributed by atoms with Gasteiger partial charge in [0, 0.05) is 18.0 Å². The first kappa shape index (κ1) is 26.5. The molecule has 4 atom stereocenters. The van der Waals surface area contributed by atoms with Crippen LogP contribution in [0.15, 0.2) is 30.5 Å². The third-order valence-corrected chi connectivity index (χ3v) is 6.90. The van der Waals surface area contributed by atoms with Gasteiger partial charge >= 0.3 is 12.1 Å². The third kappa shape index (κ3) is 5.42. The predicted octanol–water partition coefficient (Wildman–Crippen LogP) is 3.46. The minimum absolute atomic E-state index is 0.01000. The van der Waals surface area contributed by atoms with E-state index in [0.29, 0.717) is 18.1 Å². The van der Waals surface area contributed by atoms with E-state index in [2.05, 4.69) is 10.3 Å². The van der Waals surface area contributed by atoms with E-state index >= 15 is 0 Å². The highest BCUT2D eigenvalue weighted by atomic mass is 16.6. The zero-order valence-corrected chi connectivity index (χ0v) is 22.2. The molecule has 10 heteroatoms. The fraction of sp³-hybridized carbons (Fsp3) is 0.556. The molecular formula is C27H35N3O7. The lowest BCUT2D eigenvalue weighted by molar-refractivity contribution is -0.147. The normalized spacial score (nSPS) is 24.9. The Bertz CT molecular complexity index is 1190. The summed E-state index contributed by atoms with van der Waals surface area (Å²) in [5, 5.41) is 4.56. The van der Waals surface area contributed by atoms with Crippen LogP contribution in [-0.2, 0) is 19.1 Å². The van der Waals surface area contributed by atoms with Crippen molar-refractivity contribution in [1.29, 1.82) is 0 Å². The first-order valence-corrected chi connectivity index (χ1v) is 12.5. The molecule has 37 heavy (non-hydrogen) atoms. The molecule has 2 heterocycles. The average molecular weight is 514 g/mol. The Balaban J connectivity index is 1.57. The number of hydrogen-bond donors (Lipinski definition) is 1. The molecule has 1 aromatic heterocycles. The van der Waals surface area contributed by atoms with E-state index in [1.54, 1.807) is 34.1 Å². The first-order chi connectivity index (χ1) is 17.5. The van der Waals surface area contributed by atoms with Crippen LogP contribution in [0.5, 0.6) is 11.6 Å². The highest BCUT2D eigenvalue weighted by molar-refractivity contribution is 5.94. The number of carbonyl (C=O) groups is 3. The molecule has 1 N–H and O–H groups in total. The summed E-state index contributed by atoms with van der Waals surface area (Å²) in [7, 11) is 2.91. The van der Waals surface area contributed by atoms with Crippen LogP contribution < -0.4 is 14.8 Å². The summed E-state index contributed by atoms with van der Waals surface area (Å²) in [6, 6.07) is 6.54. The van der Waals surface area contributed by atoms with Gasteiger partial charge in [0.25, 0.3) is 0 Å². The third-order valence-electron chi connectivity index (χ3n) is 6.90. The number of aromatic nitrogens is 1. The molecule has 0 bridgehead atoms. The molecule has 10 nitrogen and oxygen atoms in total. The van der Waals surface area contributed by atoms with E-state index in [-0.39, 0.29) is 18.9 Å². The first-order valence-electron chi connectivity index (χ1n) is 12.5. The van der Waals surface area contributed by atoms with Crippen LogP contribution in [0.4, 0.5) is 4.79 Å². The Morgan fingerprint density at radius 3 is 2.57 bits per heavy atom. The quantitative estimate of drug-likeness (QED) is 0.560. The second-order valence-corrected chi connectivity index (χ2v) is 10.6. The SMILES string of the molecule is CC[C@@H]1C[C@]1(NC(=O)[C@@H]1C[C@@H](Oc2nccc3cc(OC)ccc23)CN1C(=O)OC(C)(C)C)C(=O)OC. The van der Waals surface area contributed by atoms with Gasteiger partial charge in [-0.15, -0.1) is 0 Å². The number of carbonyl (C=O) groups excluding carboxylic acids is 3. The summed E-state index contributed by atoms with van der Waals surface area (Å²) in [5.74, 6) is 0.189. The maximum atomic E-state index is 13.5. The molecular weight excluding hydrogens is 478 g/mol. The van der Waals surface area contributed by atoms with Gasteiger partial charge in [0.2, 0.25) is 11.8 Å². The van der Waals surface area contributed by atoms with E-state index in [9.17, 15) is 14.4 Å². The van der Waals surface area contributed by atoms with Gasteiger partial charge in [-0.25, -0.2) is 14.6 Å². The van der Waals surface area contributed by atoms with Crippen molar-refractivity contribution in [3.63, 3.8) is 0 Å². The van der Waals surface area contributed by atoms with E-state index in [1.807, 2.05) is 31.2 Å². The number of ether oxygens (including phenoxy) is 4. The zero-order chi connectivity index (χ0) is 27.0. The standard InChI is InChI=1S/C27H35N3O7/c1-7-17-14-27(17,24(32)35-6)29-22(31)21-13-19(15-30(21)25(33)37-26(2,3)4)36-23-20-9-8-18(34-5)12-16(20)10-11-28-23/h8-12,17,19,21H,7,13-15H2,1-6H3,(H,29,31)/t17-,19-,21+,27-/m1/s1. The lowest BCUT2D eigenvalue weighted by atomic mass is 10.1. The van der Waals surface area contributed by atoms with Gasteiger partial charge in [0.05, 0.1) is 20.8 Å². The van der Waals surface area contributed by atoms with Crippen molar-refractivity contribution in [3.05, 3.63) is 30.5 Å². The molecule has 0 radical (unpaired) electrons. The van der Waals surface area contributed by atoms with Crippen molar-refractivity contribution in [2.45, 2.75) is 70.2 Å². The fourth-order valence-electron chi connectivity index (χ4n) is 4.92. The van der Waals surface area contributed by atoms with Crippen molar-refractivity contribution < 1.29 is 33.3 Å². The van der Waals surface area contributed by atoms with Crippen molar-refractivity contribution in [3.8, 4) is 11.6 Å². The highest BCUT2D eigenvalue weighted by Gasteiger charge is 2.62. The molecule has 0 spiro atoms. The molecule has 1 aliphatic heterocycles. The Kier molecular flexibility index (Phi) is 7.21. The number of benzene rings is 1. The number of esters is 1. The number of likely N-dealkylation sites (tertiary alicyclic amines) is 1. The van der Waals surface area contributed by atoms with Crippen molar-refractivity contribution in [2.24, 2.45) is 5.92 Å². The second kappa shape index (κ2) is 10.1. The summed E-state index contributed by atoms with van der Waals surface area (Å²) in [6.45, 7) is 7.38. The molecule has 1 aromatic carbocycles. The molecule has 1 saturated carbocycles. The number of nitrogens with zero attached hydrogens (tertiary/aromatic N) is 2. The van der Waals surface area contributed by atoms with Gasteiger partial charge in [-0.3, -0.25) is 9.69 Å². The highest BCUT2D eigenvalue weighted by Crippen LogP contribution is 2.47. The smallest absolute Gasteiger partial charge is 0.411 e. The minimum atomic E-state index is -1.06. The van der Waals surface area contributed by atoms with Crippen LogP contribution in [0.2, 0.25) is 0 Å². The van der Waals surface area contributed by atoms with Crippen LogP contribution in [0.25, 0.3) is 10.8 Å². The van der Waals surface area contributed by atoms with Crippen LogP contribution in [-0.4, -0.2) is 71.9 Å². The maximum Gasteiger partial charge on any atom is 0.411 e. The summed E-state index contributed by atoms with van der Waals surface area (Å²) in [6.07, 6.45) is 1.94. The molecule has 4 rings (SSSR count). The summed E-state index contributed by atoms with van der Waals surface area (Å²) >= 11 is 0. The molecule has 1 aliphatic carbocycles. The molecule has 2 aromatic rings. The van der Waals surface area contributed by atoms with Crippen LogP contribution in [0, 0.1) is 5.92 Å². The Morgan fingerprint density at radius 2 is 1.95 bits per heavy atom. The van der Waals surface area contributed by atoms with Gasteiger partial charge in [0.1, 0.15) is 29.0 Å². The number of rotatable bonds is 7. The van der Waals surface area contributed by atoms with Crippen molar-refractivity contribution >= 4 is 28.7 Å². The predicted molar refractivity (Wildman–Crippen MR) is 135 cm³/mol. The van der Waals surface area contributed by atoms with E-state index in [1.165, 1.54) is 12.0 Å². The molecule has 2 fully saturated rings. The van der Waals surface area contributed by atoms with Crippen LogP contribution >= 0.6 is 0 Å². The van der Waals surface area contributed by atoms with Crippen molar-refractivity contribution in [2.75, 3.05) is 20.8 Å². The Labute approximate surface area is 216 Å². The number of pyridine rings is 1. The Morgan fingerprint density at radius 1 is 1.19 bits per heavy atom. The summed E-state index contributed by atoms with van der Waals surface area (Å²) in [4.78, 5) is 44.9. The largest absolute Gasteiger partial charge is 0.497 e. The van der Waals surface area contributed by atoms with Gasteiger partial charge in [-0.1, -0.05) is 13.3 Å². The number of methoxy groups -OCH3 is 2. The lowest BCUT2D eigenvalue weighted by Crippen LogP contribution is -2.53. The van der Waals surface area contributed by atoms with Gasteiger partial charge in [-0.05, 0) is 62.8 Å². The zero-order valence-electron chi connectivity index (χ0n) is 22.2. The van der Waals surface area contributed by atoms with E-state index in [0.717, 1.165) is 17.2 Å². The minimum Gasteiger partial charge on any atom is -0.497 e.